The molecule has 3 aliphatic heterocycles. The van der Waals surface area contributed by atoms with Gasteiger partial charge in [-0.3, -0.25) is 9.59 Å². The summed E-state index contributed by atoms with van der Waals surface area (Å²) in [6.45, 7) is 1.71. The zero-order chi connectivity index (χ0) is 24.6. The van der Waals surface area contributed by atoms with Crippen LogP contribution in [0.4, 0.5) is 11.4 Å². The highest BCUT2D eigenvalue weighted by atomic mass is 16.5. The van der Waals surface area contributed by atoms with Crippen molar-refractivity contribution >= 4 is 23.2 Å². The van der Waals surface area contributed by atoms with Gasteiger partial charge in [-0.25, -0.2) is 0 Å². The highest BCUT2D eigenvalue weighted by Gasteiger charge is 2.35. The van der Waals surface area contributed by atoms with Gasteiger partial charge < -0.3 is 29.1 Å². The maximum atomic E-state index is 13.3. The summed E-state index contributed by atoms with van der Waals surface area (Å²) in [6, 6.07) is 16.4. The van der Waals surface area contributed by atoms with E-state index >= 15 is 0 Å². The van der Waals surface area contributed by atoms with Crippen LogP contribution >= 0.6 is 0 Å². The first kappa shape index (κ1) is 22.6. The number of aromatic nitrogens is 1. The Kier molecular flexibility index (Phi) is 5.85. The molecule has 36 heavy (non-hydrogen) atoms. The molecule has 2 unspecified atom stereocenters. The van der Waals surface area contributed by atoms with E-state index in [0.29, 0.717) is 23.6 Å². The summed E-state index contributed by atoms with van der Waals surface area (Å²) in [5.74, 6) is 0.440. The minimum atomic E-state index is -0.855. The van der Waals surface area contributed by atoms with E-state index in [1.54, 1.807) is 18.0 Å². The molecule has 3 atom stereocenters. The lowest BCUT2D eigenvalue weighted by atomic mass is 10.1. The van der Waals surface area contributed by atoms with Crippen molar-refractivity contribution in [2.75, 3.05) is 36.5 Å². The van der Waals surface area contributed by atoms with Crippen molar-refractivity contribution in [1.29, 1.82) is 0 Å². The summed E-state index contributed by atoms with van der Waals surface area (Å²) in [5.41, 5.74) is 2.90. The number of carbonyl (C=O) groups excluding carboxylic acids is 2. The standard InChI is InChI=1S/C27H28N4O5/c1-30-24-12-18(31-14-19-8-9-20(15-31)35-19)7-10-25(24)34-16-23(27(30)33)28-26(32)22-13-21(36-29-22)11-17-5-3-2-4-6-17/h2-7,10,12-13,19-20,23H,8-9,11,14-16H2,1H3,(H,28,32)/t19?,20?,23-/m0/s1. The molecule has 4 heterocycles. The van der Waals surface area contributed by atoms with Gasteiger partial charge in [0.25, 0.3) is 11.8 Å². The number of amides is 2. The van der Waals surface area contributed by atoms with Crippen LogP contribution in [0.3, 0.4) is 0 Å². The van der Waals surface area contributed by atoms with Crippen LogP contribution in [0.2, 0.25) is 0 Å². The van der Waals surface area contributed by atoms with Crippen molar-refractivity contribution in [2.24, 2.45) is 0 Å². The van der Waals surface area contributed by atoms with Crippen molar-refractivity contribution in [3.8, 4) is 5.75 Å². The molecular formula is C27H28N4O5. The van der Waals surface area contributed by atoms with Gasteiger partial charge in [0.1, 0.15) is 24.2 Å². The molecule has 0 radical (unpaired) electrons. The van der Waals surface area contributed by atoms with E-state index in [0.717, 1.165) is 37.2 Å². The lowest BCUT2D eigenvalue weighted by molar-refractivity contribution is -0.120. The molecule has 9 heteroatoms. The predicted molar refractivity (Wildman–Crippen MR) is 132 cm³/mol. The number of ether oxygens (including phenoxy) is 2. The van der Waals surface area contributed by atoms with Gasteiger partial charge in [-0.1, -0.05) is 35.5 Å². The van der Waals surface area contributed by atoms with Crippen LogP contribution < -0.4 is 19.9 Å². The average molecular weight is 489 g/mol. The monoisotopic (exact) mass is 488 g/mol. The normalized spacial score (nSPS) is 23.1. The molecule has 1 N–H and O–H groups in total. The van der Waals surface area contributed by atoms with E-state index in [-0.39, 0.29) is 30.4 Å². The van der Waals surface area contributed by atoms with Crippen molar-refractivity contribution in [2.45, 2.75) is 37.5 Å². The van der Waals surface area contributed by atoms with Gasteiger partial charge in [-0.05, 0) is 36.6 Å². The molecule has 6 rings (SSSR count). The second-order valence-corrected chi connectivity index (χ2v) is 9.59. The fraction of sp³-hybridized carbons (Fsp3) is 0.370. The number of morpholine rings is 1. The number of nitrogens with one attached hydrogen (secondary N) is 1. The number of rotatable bonds is 5. The van der Waals surface area contributed by atoms with E-state index < -0.39 is 11.9 Å². The summed E-state index contributed by atoms with van der Waals surface area (Å²) in [6.07, 6.45) is 3.24. The van der Waals surface area contributed by atoms with Gasteiger partial charge in [0, 0.05) is 38.3 Å². The highest BCUT2D eigenvalue weighted by Crippen LogP contribution is 2.37. The van der Waals surface area contributed by atoms with E-state index in [9.17, 15) is 9.59 Å². The molecule has 2 aromatic carbocycles. The van der Waals surface area contributed by atoms with E-state index in [2.05, 4.69) is 15.4 Å². The Hall–Kier alpha value is -3.85. The van der Waals surface area contributed by atoms with Crippen LogP contribution in [-0.4, -0.2) is 62.0 Å². The SMILES string of the molecule is CN1C(=O)[C@@H](NC(=O)c2cc(Cc3ccccc3)on2)COc2ccc(N3CC4CCC(C3)O4)cc21. The topological polar surface area (TPSA) is 97.1 Å². The Labute approximate surface area is 208 Å². The molecule has 9 nitrogen and oxygen atoms in total. The number of hydrogen-bond donors (Lipinski definition) is 1. The maximum Gasteiger partial charge on any atom is 0.274 e. The number of fused-ring (bicyclic) bond motifs is 3. The summed E-state index contributed by atoms with van der Waals surface area (Å²) >= 11 is 0. The molecule has 0 aliphatic carbocycles. The Morgan fingerprint density at radius 3 is 2.64 bits per heavy atom. The number of anilines is 2. The van der Waals surface area contributed by atoms with Gasteiger partial charge in [-0.15, -0.1) is 0 Å². The first-order chi connectivity index (χ1) is 17.5. The lowest BCUT2D eigenvalue weighted by Crippen LogP contribution is -2.49. The quantitative estimate of drug-likeness (QED) is 0.590. The molecule has 2 bridgehead atoms. The van der Waals surface area contributed by atoms with Gasteiger partial charge in [-0.2, -0.15) is 0 Å². The molecule has 2 saturated heterocycles. The van der Waals surface area contributed by atoms with Gasteiger partial charge in [0.2, 0.25) is 0 Å². The number of nitrogens with zero attached hydrogens (tertiary/aromatic N) is 3. The largest absolute Gasteiger partial charge is 0.489 e. The number of carbonyl (C=O) groups is 2. The summed E-state index contributed by atoms with van der Waals surface area (Å²) in [5, 5.41) is 6.66. The molecular weight excluding hydrogens is 460 g/mol. The number of benzene rings is 2. The van der Waals surface area contributed by atoms with Crippen molar-refractivity contribution < 1.29 is 23.6 Å². The van der Waals surface area contributed by atoms with Gasteiger partial charge in [0.05, 0.1) is 17.9 Å². The number of hydrogen-bond acceptors (Lipinski definition) is 7. The zero-order valence-electron chi connectivity index (χ0n) is 20.1. The summed E-state index contributed by atoms with van der Waals surface area (Å²) in [7, 11) is 1.70. The molecule has 0 spiro atoms. The highest BCUT2D eigenvalue weighted by molar-refractivity contribution is 6.03. The third kappa shape index (κ3) is 4.42. The minimum Gasteiger partial charge on any atom is -0.489 e. The molecule has 3 aliphatic rings. The predicted octanol–water partition coefficient (Wildman–Crippen LogP) is 2.79. The molecule has 2 amide bonds. The third-order valence-electron chi connectivity index (χ3n) is 7.06. The Bertz CT molecular complexity index is 1260. The van der Waals surface area contributed by atoms with Crippen molar-refractivity contribution in [3.05, 3.63) is 71.6 Å². The molecule has 2 fully saturated rings. The second-order valence-electron chi connectivity index (χ2n) is 9.59. The number of likely N-dealkylation sites (N-methyl/N-ethyl adjacent to an activating group) is 1. The lowest BCUT2D eigenvalue weighted by Gasteiger charge is -2.34. The molecule has 186 valence electrons. The van der Waals surface area contributed by atoms with E-state index in [1.807, 2.05) is 48.5 Å². The van der Waals surface area contributed by atoms with Crippen LogP contribution in [0.25, 0.3) is 0 Å². The van der Waals surface area contributed by atoms with Crippen LogP contribution in [-0.2, 0) is 16.0 Å². The summed E-state index contributed by atoms with van der Waals surface area (Å²) in [4.78, 5) is 30.0. The fourth-order valence-electron chi connectivity index (χ4n) is 5.15. The molecule has 0 saturated carbocycles. The minimum absolute atomic E-state index is 0.0255. The van der Waals surface area contributed by atoms with Gasteiger partial charge >= 0.3 is 0 Å². The Morgan fingerprint density at radius 1 is 1.08 bits per heavy atom. The average Bonchev–Trinajstić information content (AvgIpc) is 3.48. The van der Waals surface area contributed by atoms with Crippen molar-refractivity contribution in [3.63, 3.8) is 0 Å². The second kappa shape index (κ2) is 9.31. The smallest absolute Gasteiger partial charge is 0.274 e. The molecule has 3 aromatic rings. The van der Waals surface area contributed by atoms with Crippen LogP contribution in [0.5, 0.6) is 5.75 Å². The zero-order valence-corrected chi connectivity index (χ0v) is 20.1. The van der Waals surface area contributed by atoms with E-state index in [1.165, 1.54) is 0 Å². The Morgan fingerprint density at radius 2 is 1.86 bits per heavy atom. The van der Waals surface area contributed by atoms with Crippen LogP contribution in [0.15, 0.2) is 59.1 Å². The Balaban J connectivity index is 1.14. The fourth-order valence-corrected chi connectivity index (χ4v) is 5.15. The maximum absolute atomic E-state index is 13.3. The first-order valence-electron chi connectivity index (χ1n) is 12.3. The van der Waals surface area contributed by atoms with E-state index in [4.69, 9.17) is 14.0 Å². The first-order valence-corrected chi connectivity index (χ1v) is 12.3. The van der Waals surface area contributed by atoms with Crippen LogP contribution in [0.1, 0.15) is 34.7 Å². The molecule has 1 aromatic heterocycles. The van der Waals surface area contributed by atoms with Crippen LogP contribution in [0, 0.1) is 0 Å². The van der Waals surface area contributed by atoms with Gasteiger partial charge in [0.15, 0.2) is 5.69 Å². The van der Waals surface area contributed by atoms with Crippen molar-refractivity contribution in [1.82, 2.24) is 10.5 Å². The summed E-state index contributed by atoms with van der Waals surface area (Å²) < 4.78 is 17.3. The third-order valence-corrected chi connectivity index (χ3v) is 7.06.